The molecular weight excluding hydrogens is 640 g/mol. The van der Waals surface area contributed by atoms with Gasteiger partial charge in [0, 0.05) is 19.6 Å². The maximum Gasteiger partial charge on any atom is 0.417 e. The number of hydrogen-bond acceptors (Lipinski definition) is 3. The van der Waals surface area contributed by atoms with Gasteiger partial charge in [-0.1, -0.05) is 86.6 Å². The van der Waals surface area contributed by atoms with Crippen LogP contribution in [0.2, 0.25) is 36.3 Å². The van der Waals surface area contributed by atoms with Gasteiger partial charge in [0.15, 0.2) is 22.2 Å². The summed E-state index contributed by atoms with van der Waals surface area (Å²) in [5.74, 6) is 1.98. The zero-order valence-corrected chi connectivity index (χ0v) is 34.5. The lowest BCUT2D eigenvalue weighted by atomic mass is 9.61. The first-order valence-corrected chi connectivity index (χ1v) is 24.9. The van der Waals surface area contributed by atoms with Gasteiger partial charge < -0.3 is 8.85 Å². The van der Waals surface area contributed by atoms with E-state index in [0.717, 1.165) is 50.4 Å². The van der Waals surface area contributed by atoms with Gasteiger partial charge in [-0.05, 0) is 128 Å². The molecule has 3 nitrogen and oxygen atoms in total. The van der Waals surface area contributed by atoms with E-state index < -0.39 is 28.4 Å². The molecule has 7 atom stereocenters. The molecule has 0 spiro atoms. The molecule has 3 aliphatic carbocycles. The topological polar surface area (TPSA) is 21.7 Å². The Balaban J connectivity index is 1.47. The van der Waals surface area contributed by atoms with Crippen LogP contribution in [0.1, 0.15) is 114 Å². The molecule has 1 unspecified atom stereocenters. The van der Waals surface area contributed by atoms with E-state index in [1.54, 1.807) is 5.57 Å². The van der Waals surface area contributed by atoms with Crippen molar-refractivity contribution in [3.8, 4) is 0 Å². The molecule has 3 saturated carbocycles. The third-order valence-corrected chi connectivity index (χ3v) is 23.3. The molecule has 8 heteroatoms. The van der Waals surface area contributed by atoms with Crippen molar-refractivity contribution in [2.45, 2.75) is 168 Å². The van der Waals surface area contributed by atoms with Crippen LogP contribution in [-0.2, 0) is 8.85 Å². The van der Waals surface area contributed by atoms with Gasteiger partial charge in [0.25, 0.3) is 0 Å². The van der Waals surface area contributed by atoms with Gasteiger partial charge in [-0.2, -0.15) is 13.2 Å². The van der Waals surface area contributed by atoms with Gasteiger partial charge in [-0.15, -0.1) is 0 Å². The van der Waals surface area contributed by atoms with Gasteiger partial charge >= 0.3 is 6.18 Å². The third kappa shape index (κ3) is 8.03. The molecule has 276 valence electrons. The van der Waals surface area contributed by atoms with Crippen molar-refractivity contribution in [3.63, 3.8) is 0 Å². The van der Waals surface area contributed by atoms with E-state index in [9.17, 15) is 13.2 Å². The molecule has 1 saturated heterocycles. The van der Waals surface area contributed by atoms with Crippen molar-refractivity contribution >= 4 is 16.6 Å². The molecule has 4 aliphatic rings. The number of likely N-dealkylation sites (tertiary alicyclic amines) is 1. The van der Waals surface area contributed by atoms with Crippen molar-refractivity contribution < 1.29 is 22.0 Å². The second kappa shape index (κ2) is 14.7. The summed E-state index contributed by atoms with van der Waals surface area (Å²) >= 11 is 0. The number of halogens is 3. The summed E-state index contributed by atoms with van der Waals surface area (Å²) in [5.41, 5.74) is 2.29. The minimum atomic E-state index is -4.34. The zero-order valence-electron chi connectivity index (χ0n) is 32.5. The van der Waals surface area contributed by atoms with Crippen LogP contribution >= 0.6 is 0 Å². The SMILES string of the molecule is C=C1/C(=C\C=C2/CCC[C@]3(C)[C@@H]([C@H](C)CN4CCC(O[Si](CC)(CC)CC)(C(F)(F)F)C4)CC[C@@H]23)C[C@@H](C)C[C@@H]1O[Si](C)(C)C(C)(C)C. The average Bonchev–Trinajstić information content (AvgIpc) is 3.57. The van der Waals surface area contributed by atoms with Crippen LogP contribution in [0, 0.1) is 29.1 Å². The minimum Gasteiger partial charge on any atom is -0.410 e. The third-order valence-electron chi connectivity index (χ3n) is 14.2. The summed E-state index contributed by atoms with van der Waals surface area (Å²) in [5, 5.41) is 0.166. The second-order valence-corrected chi connectivity index (χ2v) is 27.7. The summed E-state index contributed by atoms with van der Waals surface area (Å²) < 4.78 is 57.4. The summed E-state index contributed by atoms with van der Waals surface area (Å²) in [6.07, 6.45) is 8.63. The fourth-order valence-electron chi connectivity index (χ4n) is 9.85. The zero-order chi connectivity index (χ0) is 35.9. The first kappa shape index (κ1) is 40.1. The van der Waals surface area contributed by atoms with Crippen LogP contribution in [0.5, 0.6) is 0 Å². The molecule has 0 aromatic heterocycles. The lowest BCUT2D eigenvalue weighted by molar-refractivity contribution is -0.247. The number of alkyl halides is 3. The summed E-state index contributed by atoms with van der Waals surface area (Å²) in [6.45, 7) is 30.6. The molecule has 0 radical (unpaired) electrons. The first-order chi connectivity index (χ1) is 22.2. The fraction of sp³-hybridized carbons (Fsp3) is 0.850. The highest BCUT2D eigenvalue weighted by atomic mass is 28.4. The predicted molar refractivity (Wildman–Crippen MR) is 201 cm³/mol. The van der Waals surface area contributed by atoms with Crippen molar-refractivity contribution in [1.82, 2.24) is 4.90 Å². The normalized spacial score (nSPS) is 35.1. The van der Waals surface area contributed by atoms with Gasteiger partial charge in [-0.3, -0.25) is 4.90 Å². The maximum absolute atomic E-state index is 14.7. The number of hydrogen-bond donors (Lipinski definition) is 0. The highest BCUT2D eigenvalue weighted by Crippen LogP contribution is 2.60. The molecule has 0 aromatic rings. The summed E-state index contributed by atoms with van der Waals surface area (Å²) in [4.78, 5) is 2.09. The molecule has 1 aliphatic heterocycles. The average molecular weight is 710 g/mol. The summed E-state index contributed by atoms with van der Waals surface area (Å²) in [6, 6.07) is 2.21. The van der Waals surface area contributed by atoms with Crippen LogP contribution in [-0.4, -0.2) is 59.1 Å². The Morgan fingerprint density at radius 3 is 2.27 bits per heavy atom. The lowest BCUT2D eigenvalue weighted by Crippen LogP contribution is -2.57. The van der Waals surface area contributed by atoms with Crippen LogP contribution in [0.3, 0.4) is 0 Å². The molecule has 4 fully saturated rings. The van der Waals surface area contributed by atoms with E-state index in [2.05, 4.69) is 78.3 Å². The van der Waals surface area contributed by atoms with Crippen molar-refractivity contribution in [1.29, 1.82) is 0 Å². The predicted octanol–water partition coefficient (Wildman–Crippen LogP) is 12.1. The molecule has 0 aromatic carbocycles. The van der Waals surface area contributed by atoms with Crippen molar-refractivity contribution in [2.75, 3.05) is 19.6 Å². The van der Waals surface area contributed by atoms with E-state index >= 15 is 0 Å². The number of fused-ring (bicyclic) bond motifs is 1. The molecule has 4 rings (SSSR count). The van der Waals surface area contributed by atoms with Crippen LogP contribution in [0.25, 0.3) is 0 Å². The largest absolute Gasteiger partial charge is 0.417 e. The van der Waals surface area contributed by atoms with Crippen molar-refractivity contribution in [3.05, 3.63) is 35.5 Å². The Morgan fingerprint density at radius 1 is 1.04 bits per heavy atom. The van der Waals surface area contributed by atoms with E-state index in [0.29, 0.717) is 30.2 Å². The van der Waals surface area contributed by atoms with Gasteiger partial charge in [0.1, 0.15) is 0 Å². The highest BCUT2D eigenvalue weighted by Gasteiger charge is 2.62. The smallest absolute Gasteiger partial charge is 0.410 e. The van der Waals surface area contributed by atoms with E-state index in [1.165, 1.54) is 30.4 Å². The number of nitrogens with zero attached hydrogens (tertiary/aromatic N) is 1. The molecule has 1 heterocycles. The Bertz CT molecular complexity index is 1190. The van der Waals surface area contributed by atoms with E-state index in [-0.39, 0.29) is 29.5 Å². The molecule has 0 N–H and O–H groups in total. The monoisotopic (exact) mass is 709 g/mol. The Labute approximate surface area is 294 Å². The molecule has 0 bridgehead atoms. The lowest BCUT2D eigenvalue weighted by Gasteiger charge is -2.45. The first-order valence-electron chi connectivity index (χ1n) is 19.4. The quantitative estimate of drug-likeness (QED) is 0.199. The Kier molecular flexibility index (Phi) is 12.3. The summed E-state index contributed by atoms with van der Waals surface area (Å²) in [7, 11) is -4.33. The van der Waals surface area contributed by atoms with Crippen LogP contribution in [0.15, 0.2) is 35.5 Å². The van der Waals surface area contributed by atoms with Crippen LogP contribution in [0.4, 0.5) is 13.2 Å². The van der Waals surface area contributed by atoms with Crippen LogP contribution < -0.4 is 0 Å². The van der Waals surface area contributed by atoms with Gasteiger partial charge in [0.2, 0.25) is 0 Å². The standard InChI is InChI=1S/C40H70F3NO2Si2/c1-13-48(14-2,15-3)46-39(40(41,42)43)23-24-44(28-39)27-30(5)34-20-21-35-32(17-16-22-38(34,35)10)18-19-33-25-29(4)26-36(31(33)6)45-47(11,12)37(7,8)9/h18-19,29-30,34-36H,6,13-17,20-28H2,1-5,7-12H3/b32-18+,33-19-/t29-,30-,34-,35+,36+,38-,39?/m1/s1. The highest BCUT2D eigenvalue weighted by molar-refractivity contribution is 6.74. The molecular formula is C40H70F3NO2Si2. The Hall–Kier alpha value is -0.676. The molecule has 48 heavy (non-hydrogen) atoms. The van der Waals surface area contributed by atoms with Gasteiger partial charge in [0.05, 0.1) is 6.10 Å². The fourth-order valence-corrected chi connectivity index (χ4v) is 14.2. The maximum atomic E-state index is 14.7. The van der Waals surface area contributed by atoms with E-state index in [4.69, 9.17) is 8.85 Å². The number of allylic oxidation sites excluding steroid dienone is 3. The van der Waals surface area contributed by atoms with Crippen molar-refractivity contribution in [2.24, 2.45) is 29.1 Å². The second-order valence-electron chi connectivity index (χ2n) is 18.3. The molecule has 0 amide bonds. The number of rotatable bonds is 11. The van der Waals surface area contributed by atoms with Gasteiger partial charge in [-0.25, -0.2) is 0 Å². The minimum absolute atomic E-state index is 0.0103. The van der Waals surface area contributed by atoms with E-state index in [1.807, 2.05) is 20.8 Å². The Morgan fingerprint density at radius 2 is 1.69 bits per heavy atom.